The fourth-order valence-electron chi connectivity index (χ4n) is 9.41. The molecule has 0 bridgehead atoms. The molecule has 1 aromatic rings. The molecule has 42 nitrogen and oxygen atoms in total. The van der Waals surface area contributed by atoms with E-state index in [1.807, 2.05) is 34.6 Å². The number of aromatic carboxylic acids is 2. The molecule has 0 heterocycles. The van der Waals surface area contributed by atoms with E-state index in [9.17, 15) is 112 Å². The Hall–Kier alpha value is -11.5. The molecular weight excluding hydrogens is 1770 g/mol. The number of methoxy groups -OCH3 is 5. The van der Waals surface area contributed by atoms with E-state index in [0.717, 1.165) is 25.5 Å². The van der Waals surface area contributed by atoms with Crippen molar-refractivity contribution in [2.45, 2.75) is 216 Å². The van der Waals surface area contributed by atoms with Gasteiger partial charge in [0.05, 0.1) is 72.7 Å². The average Bonchev–Trinajstić information content (AvgIpc) is 0.788. The van der Waals surface area contributed by atoms with Gasteiger partial charge in [-0.25, -0.2) is 43.2 Å². The summed E-state index contributed by atoms with van der Waals surface area (Å²) >= 11 is 0. The minimum atomic E-state index is -1.64. The van der Waals surface area contributed by atoms with Gasteiger partial charge >= 0.3 is 89.5 Å². The lowest BCUT2D eigenvalue weighted by Crippen LogP contribution is -2.43. The van der Waals surface area contributed by atoms with Crippen LogP contribution in [0.3, 0.4) is 0 Å². The van der Waals surface area contributed by atoms with Gasteiger partial charge in [-0.3, -0.25) is 38.4 Å². The minimum Gasteiger partial charge on any atom is -0.478 e. The highest BCUT2D eigenvalue weighted by atomic mass is 16.6. The quantitative estimate of drug-likeness (QED) is 0.0126. The summed E-state index contributed by atoms with van der Waals surface area (Å²) < 4.78 is 88.9. The van der Waals surface area contributed by atoms with Gasteiger partial charge in [0.2, 0.25) is 5.91 Å². The van der Waals surface area contributed by atoms with Gasteiger partial charge < -0.3 is 121 Å². The second kappa shape index (κ2) is 70.2. The number of ketones is 1. The van der Waals surface area contributed by atoms with E-state index in [2.05, 4.69) is 39.5 Å². The Bertz CT molecular complexity index is 4030. The van der Waals surface area contributed by atoms with Gasteiger partial charge in [-0.05, 0) is 120 Å². The predicted molar refractivity (Wildman–Crippen MR) is 477 cm³/mol. The molecule has 42 heteroatoms. The summed E-state index contributed by atoms with van der Waals surface area (Å²) in [6.45, 7) is 41.9. The van der Waals surface area contributed by atoms with Crippen LogP contribution in [0.1, 0.15) is 209 Å². The number of Topliss-reactive ketones (excluding diaryl/α,β-unsaturated/α-hetero) is 1. The third kappa shape index (κ3) is 56.5. The third-order valence-corrected chi connectivity index (χ3v) is 18.6. The molecule has 1 fully saturated rings. The number of carboxylic acids is 2. The average molecular weight is 1920 g/mol. The minimum absolute atomic E-state index is 0.0239. The second-order valence-corrected chi connectivity index (χ2v) is 31.4. The summed E-state index contributed by atoms with van der Waals surface area (Å²) in [4.78, 5) is 199. The molecule has 0 aliphatic heterocycles. The monoisotopic (exact) mass is 1920 g/mol. The number of rotatable bonds is 55. The SMILES string of the molecule is C=C(C)C(=O)OC1CCC(OC(=O)C(C)(C)CC)C(O)C1.C=C(C)C(=O)OCC(COC)OC.C=C(C)C(=O)OCC(O)COC(=O)C(CC)(COC)COC(=O)c1cc(C(C)=O)c(C(=O)O)cc1C(=O)O.C=C(C)C(=O)OCC(O)COC(=O)CCC(=O)N(C)CCC.C=C(C)C(=O)OCC(O)COC(=O)CCC(=O)OCCOC(=O)C(C)(C)CC.C=CC(=O)OCC(COC)OC. The standard InChI is InChI=1S/C25H30O13.C19H30O9.C16H26O5.C15H25NO6.C9H16O4.C8H14O4/c1-6-25(11-35-5,24(34)37-10-15(27)9-36-22(32)13(2)3)12-38-23(33)19-7-16(14(4)26)17(20(28)29)8-18(19)21(30)31;1-6-19(4,5)18(24)26-10-9-25-15(21)7-8-16(22)27-11-14(20)12-28-17(23)13(2)3;1-6-16(4,5)15(19)21-13-8-7-11(9-12(13)17)20-14(18)10(2)3;1-5-8-16(4)13(18)6-7-14(19)21-9-12(17)10-22-15(20)11(2)3;1-7(2)9(10)13-6-8(12-4)5-11-3;1-4-8(9)12-6-7(11-3)5-10-2/h7-8,15,27H,2,6,9-12H2,1,3-5H3,(H,28,29)(H,30,31);14,20H,2,6-12H2,1,3-5H3;11-13,17H,2,6-9H2,1,3-5H3;12,17H,2,5-10H2,1,3-4H3;8H,1,5-6H2,2-4H3;4,7H,1,5-6H2,2-3H3. The third-order valence-electron chi connectivity index (χ3n) is 18.6. The van der Waals surface area contributed by atoms with E-state index in [4.69, 9.17) is 85.3 Å². The van der Waals surface area contributed by atoms with Crippen molar-refractivity contribution in [2.24, 2.45) is 16.2 Å². The number of nitrogens with zero attached hydrogens (tertiary/aromatic N) is 1. The molecule has 0 saturated heterocycles. The summed E-state index contributed by atoms with van der Waals surface area (Å²) in [5.41, 5.74) is -3.82. The number of hydrogen-bond acceptors (Lipinski definition) is 39. The molecule has 760 valence electrons. The number of amides is 1. The number of ether oxygens (including phenoxy) is 18. The first-order valence-corrected chi connectivity index (χ1v) is 42.3. The Labute approximate surface area is 782 Å². The summed E-state index contributed by atoms with van der Waals surface area (Å²) in [6, 6.07) is 1.49. The zero-order valence-corrected chi connectivity index (χ0v) is 80.9. The molecule has 1 aliphatic carbocycles. The Balaban J connectivity index is -0.000000789. The zero-order valence-electron chi connectivity index (χ0n) is 80.9. The fourth-order valence-corrected chi connectivity index (χ4v) is 9.41. The smallest absolute Gasteiger partial charge is 0.339 e. The number of carbonyl (C=O) groups excluding carboxylic acids is 15. The highest BCUT2D eigenvalue weighted by Gasteiger charge is 2.42. The zero-order chi connectivity index (χ0) is 104. The van der Waals surface area contributed by atoms with Crippen molar-refractivity contribution < 1.29 is 197 Å². The van der Waals surface area contributed by atoms with Crippen LogP contribution in [0.4, 0.5) is 0 Å². The first kappa shape index (κ1) is 129. The van der Waals surface area contributed by atoms with Crippen LogP contribution in [0.2, 0.25) is 0 Å². The Morgan fingerprint density at radius 3 is 1.21 bits per heavy atom. The first-order valence-electron chi connectivity index (χ1n) is 42.3. The molecule has 9 atom stereocenters. The van der Waals surface area contributed by atoms with Gasteiger partial charge in [-0.15, -0.1) is 0 Å². The van der Waals surface area contributed by atoms with Crippen molar-refractivity contribution in [1.29, 1.82) is 0 Å². The van der Waals surface area contributed by atoms with E-state index in [1.54, 1.807) is 60.8 Å². The van der Waals surface area contributed by atoms with Crippen LogP contribution >= 0.6 is 0 Å². The predicted octanol–water partition coefficient (Wildman–Crippen LogP) is 6.99. The topological polar surface area (TPSA) is 581 Å². The first-order chi connectivity index (χ1) is 62.5. The maximum atomic E-state index is 12.9. The van der Waals surface area contributed by atoms with Gasteiger partial charge in [-0.1, -0.05) is 67.2 Å². The molecule has 1 aliphatic rings. The van der Waals surface area contributed by atoms with Gasteiger partial charge in [0.15, 0.2) is 5.78 Å². The van der Waals surface area contributed by atoms with Crippen molar-refractivity contribution in [3.05, 3.63) is 108 Å². The lowest BCUT2D eigenvalue weighted by atomic mass is 9.87. The number of aliphatic hydroxyl groups is 4. The number of aliphatic hydroxyl groups excluding tert-OH is 4. The van der Waals surface area contributed by atoms with E-state index in [-0.39, 0.29) is 151 Å². The van der Waals surface area contributed by atoms with E-state index >= 15 is 0 Å². The molecule has 1 amide bonds. The highest BCUT2D eigenvalue weighted by molar-refractivity contribution is 6.11. The number of benzene rings is 1. The lowest BCUT2D eigenvalue weighted by Gasteiger charge is -2.34. The van der Waals surface area contributed by atoms with Gasteiger partial charge in [0.25, 0.3) is 0 Å². The number of carboxylic acid groups (broad SMARTS) is 2. The summed E-state index contributed by atoms with van der Waals surface area (Å²) in [5.74, 6) is -12.2. The largest absolute Gasteiger partial charge is 0.478 e. The second-order valence-electron chi connectivity index (χ2n) is 31.4. The van der Waals surface area contributed by atoms with Crippen LogP contribution in [-0.4, -0.2) is 327 Å². The lowest BCUT2D eigenvalue weighted by molar-refractivity contribution is -0.174. The Morgan fingerprint density at radius 1 is 0.440 bits per heavy atom. The molecule has 0 radical (unpaired) electrons. The van der Waals surface area contributed by atoms with Crippen LogP contribution in [0.25, 0.3) is 0 Å². The van der Waals surface area contributed by atoms with Gasteiger partial charge in [-0.2, -0.15) is 0 Å². The van der Waals surface area contributed by atoms with Crippen LogP contribution < -0.4 is 0 Å². The number of esters is 13. The van der Waals surface area contributed by atoms with Crippen molar-refractivity contribution in [1.82, 2.24) is 4.90 Å². The molecule has 0 aromatic heterocycles. The highest BCUT2D eigenvalue weighted by Crippen LogP contribution is 2.31. The van der Waals surface area contributed by atoms with Crippen LogP contribution in [-0.2, 0) is 148 Å². The molecule has 1 aromatic carbocycles. The van der Waals surface area contributed by atoms with Crippen molar-refractivity contribution >= 4 is 101 Å². The van der Waals surface area contributed by atoms with Crippen molar-refractivity contribution in [3.8, 4) is 0 Å². The van der Waals surface area contributed by atoms with Gasteiger partial charge in [0, 0.05) is 101 Å². The molecule has 1 saturated carbocycles. The maximum Gasteiger partial charge on any atom is 0.339 e. The molecule has 9 unspecified atom stereocenters. The van der Waals surface area contributed by atoms with Crippen LogP contribution in [0.5, 0.6) is 0 Å². The maximum absolute atomic E-state index is 12.9. The van der Waals surface area contributed by atoms with E-state index < -0.39 is 172 Å². The van der Waals surface area contributed by atoms with Crippen molar-refractivity contribution in [3.63, 3.8) is 0 Å². The van der Waals surface area contributed by atoms with Crippen LogP contribution in [0, 0.1) is 16.2 Å². The van der Waals surface area contributed by atoms with E-state index in [0.29, 0.717) is 62.7 Å². The summed E-state index contributed by atoms with van der Waals surface area (Å²) in [6.07, 6.45) is -1.57. The van der Waals surface area contributed by atoms with E-state index in [1.165, 1.54) is 42.1 Å². The molecule has 134 heavy (non-hydrogen) atoms. The molecular formula is C92H141NO41. The van der Waals surface area contributed by atoms with Gasteiger partial charge in [0.1, 0.15) is 121 Å². The molecule has 0 spiro atoms. The summed E-state index contributed by atoms with van der Waals surface area (Å²) in [7, 11) is 9.15. The fraction of sp³-hybridized carbons (Fsp3) is 0.620. The number of carbonyl (C=O) groups is 17. The molecule has 6 N–H and O–H groups in total. The number of hydrogen-bond donors (Lipinski definition) is 6. The van der Waals surface area contributed by atoms with Crippen LogP contribution in [0.15, 0.2) is 85.5 Å². The summed E-state index contributed by atoms with van der Waals surface area (Å²) in [5, 5.41) is 57.9. The molecule has 2 rings (SSSR count). The Morgan fingerprint density at radius 2 is 0.828 bits per heavy atom. The van der Waals surface area contributed by atoms with Crippen molar-refractivity contribution in [2.75, 3.05) is 142 Å². The normalized spacial score (nSPS) is 14.4. The Kier molecular flexibility index (Phi) is 67.5.